The van der Waals surface area contributed by atoms with E-state index in [1.54, 1.807) is 6.07 Å². The first-order valence-electron chi connectivity index (χ1n) is 6.79. The Kier molecular flexibility index (Phi) is 3.74. The van der Waals surface area contributed by atoms with E-state index >= 15 is 0 Å². The maximum absolute atomic E-state index is 10.5. The first-order chi connectivity index (χ1) is 10.6. The number of rotatable bonds is 2. The third-order valence-electron chi connectivity index (χ3n) is 3.57. The van der Waals surface area contributed by atoms with Crippen LogP contribution in [-0.2, 0) is 0 Å². The lowest BCUT2D eigenvalue weighted by atomic mass is 10.1. The van der Waals surface area contributed by atoms with E-state index < -0.39 is 0 Å². The summed E-state index contributed by atoms with van der Waals surface area (Å²) in [4.78, 5) is 0. The smallest absolute Gasteiger partial charge is 0.102 e. The molecule has 0 aliphatic rings. The molecule has 3 rings (SSSR count). The molecule has 1 heterocycles. The van der Waals surface area contributed by atoms with Gasteiger partial charge in [0.05, 0.1) is 11.1 Å². The summed E-state index contributed by atoms with van der Waals surface area (Å²) < 4.78 is 1.97. The monoisotopic (exact) mass is 352 g/mol. The highest BCUT2D eigenvalue weighted by atomic mass is 79.9. The van der Waals surface area contributed by atoms with E-state index in [2.05, 4.69) is 22.0 Å². The third-order valence-corrected chi connectivity index (χ3v) is 4.07. The second-order valence-corrected chi connectivity index (χ2v) is 5.96. The van der Waals surface area contributed by atoms with Crippen LogP contribution in [0.3, 0.4) is 0 Å². The Morgan fingerprint density at radius 2 is 1.95 bits per heavy atom. The second-order valence-electron chi connectivity index (χ2n) is 5.05. The summed E-state index contributed by atoms with van der Waals surface area (Å²) >= 11 is 3.41. The van der Waals surface area contributed by atoms with E-state index in [0.717, 1.165) is 25.7 Å². The van der Waals surface area contributed by atoms with Gasteiger partial charge in [0.15, 0.2) is 0 Å². The highest BCUT2D eigenvalue weighted by Gasteiger charge is 2.18. The van der Waals surface area contributed by atoms with Crippen molar-refractivity contribution in [2.45, 2.75) is 6.92 Å². The zero-order valence-electron chi connectivity index (χ0n) is 11.9. The molecule has 4 heteroatoms. The van der Waals surface area contributed by atoms with Crippen LogP contribution in [0.4, 0.5) is 0 Å². The Bertz CT molecular complexity index is 918. The van der Waals surface area contributed by atoms with E-state index in [-0.39, 0.29) is 0 Å². The quantitative estimate of drug-likeness (QED) is 0.654. The molecule has 0 unspecified atom stereocenters. The van der Waals surface area contributed by atoms with Crippen LogP contribution in [0.2, 0.25) is 0 Å². The molecule has 3 aromatic rings. The molecule has 2 aromatic carbocycles. The number of fused-ring (bicyclic) bond motifs is 1. The van der Waals surface area contributed by atoms with Gasteiger partial charge in [-0.05, 0) is 42.3 Å². The molecule has 1 aromatic heterocycles. The summed E-state index contributed by atoms with van der Waals surface area (Å²) in [6, 6.07) is 17.5. The van der Waals surface area contributed by atoms with Crippen LogP contribution in [0.25, 0.3) is 22.6 Å². The average Bonchev–Trinajstić information content (AvgIpc) is 2.80. The van der Waals surface area contributed by atoms with Gasteiger partial charge >= 0.3 is 0 Å². The van der Waals surface area contributed by atoms with Gasteiger partial charge in [0, 0.05) is 9.86 Å². The van der Waals surface area contributed by atoms with Crippen LogP contribution in [0.5, 0.6) is 0 Å². The van der Waals surface area contributed by atoms with Crippen LogP contribution < -0.4 is 0 Å². The number of hydrogen-bond acceptors (Lipinski definition) is 2. The van der Waals surface area contributed by atoms with E-state index in [9.17, 15) is 10.5 Å². The van der Waals surface area contributed by atoms with Crippen LogP contribution in [0.1, 0.15) is 23.7 Å². The minimum Gasteiger partial charge on any atom is -0.428 e. The average molecular weight is 353 g/mol. The normalized spacial score (nSPS) is 11.6. The van der Waals surface area contributed by atoms with Gasteiger partial charge in [-0.2, -0.15) is 9.99 Å². The fraction of sp³-hybridized carbons (Fsp3) is 0.0556. The standard InChI is InChI=1S/C18H13BrN2O/c1-12(9-13-5-3-2-4-6-13)18-16(11-20)15-10-14(19)7-8-17(15)21(18)22/h2-10,22H,1H3/b12-9+. The highest BCUT2D eigenvalue weighted by molar-refractivity contribution is 9.10. The molecule has 3 nitrogen and oxygen atoms in total. The largest absolute Gasteiger partial charge is 0.428 e. The summed E-state index contributed by atoms with van der Waals surface area (Å²) in [5.74, 6) is 0. The summed E-state index contributed by atoms with van der Waals surface area (Å²) in [5, 5.41) is 20.7. The molecule has 0 saturated carbocycles. The molecular weight excluding hydrogens is 340 g/mol. The molecule has 0 bridgehead atoms. The minimum absolute atomic E-state index is 0.475. The molecule has 0 aliphatic heterocycles. The van der Waals surface area contributed by atoms with Crippen LogP contribution >= 0.6 is 15.9 Å². The SMILES string of the molecule is C/C(=C\c1ccccc1)c1c(C#N)c2cc(Br)ccc2n1O. The fourth-order valence-electron chi connectivity index (χ4n) is 2.59. The fourth-order valence-corrected chi connectivity index (χ4v) is 2.95. The van der Waals surface area contributed by atoms with Crippen molar-refractivity contribution in [1.82, 2.24) is 4.73 Å². The Balaban J connectivity index is 2.25. The summed E-state index contributed by atoms with van der Waals surface area (Å²) in [6.07, 6.45) is 1.96. The Morgan fingerprint density at radius 3 is 2.64 bits per heavy atom. The Labute approximate surface area is 136 Å². The van der Waals surface area contributed by atoms with Crippen molar-refractivity contribution in [3.8, 4) is 6.07 Å². The van der Waals surface area contributed by atoms with Gasteiger partial charge in [0.2, 0.25) is 0 Å². The number of nitriles is 1. The van der Waals surface area contributed by atoms with Gasteiger partial charge in [-0.1, -0.05) is 46.3 Å². The van der Waals surface area contributed by atoms with E-state index in [1.165, 1.54) is 0 Å². The maximum Gasteiger partial charge on any atom is 0.102 e. The summed E-state index contributed by atoms with van der Waals surface area (Å²) in [7, 11) is 0. The molecular formula is C18H13BrN2O. The first kappa shape index (κ1) is 14.4. The predicted molar refractivity (Wildman–Crippen MR) is 91.5 cm³/mol. The lowest BCUT2D eigenvalue weighted by molar-refractivity contribution is 0.197. The van der Waals surface area contributed by atoms with E-state index in [1.807, 2.05) is 55.5 Å². The lowest BCUT2D eigenvalue weighted by Gasteiger charge is -2.04. The topological polar surface area (TPSA) is 49.0 Å². The third kappa shape index (κ3) is 2.40. The number of hydrogen-bond donors (Lipinski definition) is 1. The van der Waals surface area contributed by atoms with Gasteiger partial charge in [-0.15, -0.1) is 0 Å². The molecule has 1 N–H and O–H groups in total. The van der Waals surface area contributed by atoms with E-state index in [0.29, 0.717) is 16.8 Å². The van der Waals surface area contributed by atoms with Crippen molar-refractivity contribution < 1.29 is 5.21 Å². The molecule has 22 heavy (non-hydrogen) atoms. The van der Waals surface area contributed by atoms with Crippen LogP contribution in [0, 0.1) is 11.3 Å². The van der Waals surface area contributed by atoms with Crippen LogP contribution in [0.15, 0.2) is 53.0 Å². The maximum atomic E-state index is 10.5. The molecule has 0 aliphatic carbocycles. The number of benzene rings is 2. The first-order valence-corrected chi connectivity index (χ1v) is 7.58. The van der Waals surface area contributed by atoms with Crippen molar-refractivity contribution >= 4 is 38.5 Å². The Morgan fingerprint density at radius 1 is 1.23 bits per heavy atom. The molecule has 0 amide bonds. The van der Waals surface area contributed by atoms with Gasteiger partial charge in [-0.3, -0.25) is 0 Å². The molecule has 108 valence electrons. The summed E-state index contributed by atoms with van der Waals surface area (Å²) in [5.41, 5.74) is 3.48. The zero-order chi connectivity index (χ0) is 15.7. The number of allylic oxidation sites excluding steroid dienone is 1. The van der Waals surface area contributed by atoms with Crippen molar-refractivity contribution in [2.75, 3.05) is 0 Å². The molecule has 0 atom stereocenters. The minimum atomic E-state index is 0.475. The predicted octanol–water partition coefficient (Wildman–Crippen LogP) is 5.07. The van der Waals surface area contributed by atoms with Crippen molar-refractivity contribution in [3.05, 3.63) is 69.8 Å². The van der Waals surface area contributed by atoms with E-state index in [4.69, 9.17) is 0 Å². The number of nitrogens with zero attached hydrogens (tertiary/aromatic N) is 2. The Hall–Kier alpha value is -2.51. The number of halogens is 1. The van der Waals surface area contributed by atoms with Crippen LogP contribution in [-0.4, -0.2) is 9.94 Å². The highest BCUT2D eigenvalue weighted by Crippen LogP contribution is 2.32. The van der Waals surface area contributed by atoms with Gasteiger partial charge in [-0.25, -0.2) is 0 Å². The lowest BCUT2D eigenvalue weighted by Crippen LogP contribution is -1.97. The molecule has 0 saturated heterocycles. The molecule has 0 fully saturated rings. The van der Waals surface area contributed by atoms with Gasteiger partial charge in [0.1, 0.15) is 11.8 Å². The van der Waals surface area contributed by atoms with Crippen molar-refractivity contribution in [3.63, 3.8) is 0 Å². The van der Waals surface area contributed by atoms with Gasteiger partial charge in [0.25, 0.3) is 0 Å². The van der Waals surface area contributed by atoms with Gasteiger partial charge < -0.3 is 5.21 Å². The molecule has 0 spiro atoms. The second kappa shape index (κ2) is 5.70. The zero-order valence-corrected chi connectivity index (χ0v) is 13.5. The molecule has 0 radical (unpaired) electrons. The number of aromatic nitrogens is 1. The van der Waals surface area contributed by atoms with Crippen molar-refractivity contribution in [1.29, 1.82) is 5.26 Å². The summed E-state index contributed by atoms with van der Waals surface area (Å²) in [6.45, 7) is 1.89. The van der Waals surface area contributed by atoms with Crippen molar-refractivity contribution in [2.24, 2.45) is 0 Å².